The molecule has 1 amide bonds. The highest BCUT2D eigenvalue weighted by Crippen LogP contribution is 2.37. The third kappa shape index (κ3) is 6.27. The van der Waals surface area contributed by atoms with Gasteiger partial charge < -0.3 is 20.1 Å². The molecular formula is C26H30Cl2FN5O3. The number of amides is 1. The molecule has 1 aliphatic rings. The monoisotopic (exact) mass is 549 g/mol. The lowest BCUT2D eigenvalue weighted by Gasteiger charge is -2.33. The van der Waals surface area contributed by atoms with E-state index < -0.39 is 17.5 Å². The van der Waals surface area contributed by atoms with Gasteiger partial charge in [-0.2, -0.15) is 5.10 Å². The van der Waals surface area contributed by atoms with Crippen molar-refractivity contribution in [3.8, 4) is 16.9 Å². The summed E-state index contributed by atoms with van der Waals surface area (Å²) in [5, 5.41) is 4.74. The summed E-state index contributed by atoms with van der Waals surface area (Å²) in [6, 6.07) is 4.55. The van der Waals surface area contributed by atoms with E-state index in [-0.39, 0.29) is 23.0 Å². The normalized spacial score (nSPS) is 15.5. The minimum Gasteiger partial charge on any atom is -0.482 e. The molecule has 37 heavy (non-hydrogen) atoms. The maximum Gasteiger partial charge on any atom is 0.410 e. The number of nitrogens with two attached hydrogens (primary N) is 1. The van der Waals surface area contributed by atoms with Crippen LogP contribution in [-0.4, -0.2) is 44.4 Å². The molecule has 2 N–H and O–H groups in total. The number of rotatable bonds is 5. The SMILES string of the molecule is CC(Oc1cc(-c2cnn(C3CCN(C(=O)OC(C)(C)C)CC3)c2)cnc1N)c1c(Cl)ccc(F)c1Cl. The van der Waals surface area contributed by atoms with E-state index in [1.165, 1.54) is 12.1 Å². The van der Waals surface area contributed by atoms with E-state index in [2.05, 4.69) is 10.1 Å². The maximum atomic E-state index is 14.0. The van der Waals surface area contributed by atoms with E-state index in [9.17, 15) is 9.18 Å². The van der Waals surface area contributed by atoms with Crippen molar-refractivity contribution in [2.45, 2.75) is 58.3 Å². The van der Waals surface area contributed by atoms with Gasteiger partial charge in [0.15, 0.2) is 11.6 Å². The molecule has 1 aliphatic heterocycles. The van der Waals surface area contributed by atoms with Crippen LogP contribution in [0, 0.1) is 5.82 Å². The van der Waals surface area contributed by atoms with E-state index in [0.29, 0.717) is 29.4 Å². The first kappa shape index (κ1) is 27.0. The molecule has 0 radical (unpaired) electrons. The Morgan fingerprint density at radius 3 is 2.57 bits per heavy atom. The molecule has 0 bridgehead atoms. The molecule has 8 nitrogen and oxygen atoms in total. The molecule has 1 atom stereocenters. The zero-order chi connectivity index (χ0) is 26.9. The molecule has 3 heterocycles. The van der Waals surface area contributed by atoms with Gasteiger partial charge >= 0.3 is 6.09 Å². The van der Waals surface area contributed by atoms with Crippen LogP contribution in [0.15, 0.2) is 36.8 Å². The maximum absolute atomic E-state index is 14.0. The van der Waals surface area contributed by atoms with Crippen molar-refractivity contribution >= 4 is 35.1 Å². The predicted molar refractivity (Wildman–Crippen MR) is 141 cm³/mol. The van der Waals surface area contributed by atoms with Gasteiger partial charge in [-0.15, -0.1) is 0 Å². The van der Waals surface area contributed by atoms with E-state index >= 15 is 0 Å². The number of nitrogen functional groups attached to an aromatic ring is 1. The number of ether oxygens (including phenoxy) is 2. The number of carbonyl (C=O) groups excluding carboxylic acids is 1. The summed E-state index contributed by atoms with van der Waals surface area (Å²) in [5.74, 6) is -0.0818. The number of carbonyl (C=O) groups is 1. The smallest absolute Gasteiger partial charge is 0.410 e. The predicted octanol–water partition coefficient (Wildman–Crippen LogP) is 6.69. The number of benzene rings is 1. The largest absolute Gasteiger partial charge is 0.482 e. The Morgan fingerprint density at radius 2 is 1.89 bits per heavy atom. The summed E-state index contributed by atoms with van der Waals surface area (Å²) in [5.41, 5.74) is 7.46. The van der Waals surface area contributed by atoms with E-state index in [4.69, 9.17) is 38.4 Å². The van der Waals surface area contributed by atoms with Crippen molar-refractivity contribution in [3.05, 3.63) is 58.2 Å². The lowest BCUT2D eigenvalue weighted by molar-refractivity contribution is 0.0185. The van der Waals surface area contributed by atoms with Gasteiger partial charge in [-0.3, -0.25) is 4.68 Å². The van der Waals surface area contributed by atoms with Gasteiger partial charge in [0.2, 0.25) is 0 Å². The molecule has 3 aromatic rings. The molecule has 11 heteroatoms. The number of aromatic nitrogens is 3. The molecule has 1 unspecified atom stereocenters. The van der Waals surface area contributed by atoms with Gasteiger partial charge in [0.25, 0.3) is 0 Å². The van der Waals surface area contributed by atoms with Crippen molar-refractivity contribution in [1.29, 1.82) is 0 Å². The highest BCUT2D eigenvalue weighted by atomic mass is 35.5. The quantitative estimate of drug-likeness (QED) is 0.356. The van der Waals surface area contributed by atoms with Gasteiger partial charge in [0.05, 0.1) is 17.3 Å². The summed E-state index contributed by atoms with van der Waals surface area (Å²) in [6.07, 6.45) is 5.90. The first-order valence-corrected chi connectivity index (χ1v) is 12.8. The van der Waals surface area contributed by atoms with Crippen molar-refractivity contribution in [2.75, 3.05) is 18.8 Å². The number of piperidine rings is 1. The number of anilines is 1. The molecule has 1 aromatic carbocycles. The van der Waals surface area contributed by atoms with Crippen molar-refractivity contribution < 1.29 is 18.7 Å². The van der Waals surface area contributed by atoms with Crippen LogP contribution in [0.3, 0.4) is 0 Å². The minimum atomic E-state index is -0.673. The molecule has 0 spiro atoms. The third-order valence-electron chi connectivity index (χ3n) is 6.10. The second-order valence-electron chi connectivity index (χ2n) is 10.0. The van der Waals surface area contributed by atoms with Gasteiger partial charge in [-0.05, 0) is 58.7 Å². The second-order valence-corrected chi connectivity index (χ2v) is 10.8. The first-order valence-electron chi connectivity index (χ1n) is 12.0. The molecule has 1 fully saturated rings. The topological polar surface area (TPSA) is 95.5 Å². The van der Waals surface area contributed by atoms with Crippen LogP contribution in [0.2, 0.25) is 10.0 Å². The number of hydrogen-bond acceptors (Lipinski definition) is 6. The first-order chi connectivity index (χ1) is 17.4. The Bertz CT molecular complexity index is 1290. The van der Waals surface area contributed by atoms with Gasteiger partial charge in [-0.25, -0.2) is 14.2 Å². The number of nitrogens with zero attached hydrogens (tertiary/aromatic N) is 4. The van der Waals surface area contributed by atoms with E-state index in [1.54, 1.807) is 30.3 Å². The number of hydrogen-bond donors (Lipinski definition) is 1. The van der Waals surface area contributed by atoms with Crippen LogP contribution in [0.1, 0.15) is 58.2 Å². The lowest BCUT2D eigenvalue weighted by atomic mass is 10.1. The number of halogens is 3. The Hall–Kier alpha value is -3.04. The summed E-state index contributed by atoms with van der Waals surface area (Å²) in [6.45, 7) is 8.48. The van der Waals surface area contributed by atoms with Crippen LogP contribution in [0.5, 0.6) is 5.75 Å². The Morgan fingerprint density at radius 1 is 1.19 bits per heavy atom. The number of pyridine rings is 1. The average Bonchev–Trinajstić information content (AvgIpc) is 3.32. The summed E-state index contributed by atoms with van der Waals surface area (Å²) >= 11 is 12.4. The van der Waals surface area contributed by atoms with Crippen molar-refractivity contribution in [1.82, 2.24) is 19.7 Å². The highest BCUT2D eigenvalue weighted by Gasteiger charge is 2.28. The van der Waals surface area contributed by atoms with Crippen molar-refractivity contribution in [3.63, 3.8) is 0 Å². The summed E-state index contributed by atoms with van der Waals surface area (Å²) in [7, 11) is 0. The fraction of sp³-hybridized carbons (Fsp3) is 0.423. The van der Waals surface area contributed by atoms with Gasteiger partial charge in [0, 0.05) is 47.2 Å². The Labute approximate surface area is 225 Å². The zero-order valence-electron chi connectivity index (χ0n) is 21.2. The molecule has 198 valence electrons. The van der Waals surface area contributed by atoms with Gasteiger partial charge in [-0.1, -0.05) is 23.2 Å². The van der Waals surface area contributed by atoms with Crippen LogP contribution in [-0.2, 0) is 4.74 Å². The molecule has 2 aromatic heterocycles. The molecule has 0 aliphatic carbocycles. The molecule has 0 saturated carbocycles. The third-order valence-corrected chi connectivity index (χ3v) is 6.81. The fourth-order valence-corrected chi connectivity index (χ4v) is 4.88. The Balaban J connectivity index is 1.45. The standard InChI is InChI=1S/C26H30Cl2FN5O3/c1-15(22-19(27)5-6-20(29)23(22)28)36-21-11-16(12-31-24(21)30)17-13-32-34(14-17)18-7-9-33(10-8-18)25(35)37-26(2,3)4/h5-6,11-15,18H,7-10H2,1-4H3,(H2,30,31). The van der Waals surface area contributed by atoms with Crippen molar-refractivity contribution in [2.24, 2.45) is 0 Å². The number of likely N-dealkylation sites (tertiary alicyclic amines) is 1. The van der Waals surface area contributed by atoms with Crippen LogP contribution in [0.25, 0.3) is 11.1 Å². The van der Waals surface area contributed by atoms with Gasteiger partial charge in [0.1, 0.15) is 17.5 Å². The zero-order valence-corrected chi connectivity index (χ0v) is 22.7. The molecule has 4 rings (SSSR count). The fourth-order valence-electron chi connectivity index (χ4n) is 4.20. The average molecular weight is 550 g/mol. The molecule has 1 saturated heterocycles. The van der Waals surface area contributed by atoms with Crippen LogP contribution < -0.4 is 10.5 Å². The van der Waals surface area contributed by atoms with E-state index in [0.717, 1.165) is 24.0 Å². The van der Waals surface area contributed by atoms with Crippen LogP contribution >= 0.6 is 23.2 Å². The summed E-state index contributed by atoms with van der Waals surface area (Å²) in [4.78, 5) is 18.3. The van der Waals surface area contributed by atoms with E-state index in [1.807, 2.05) is 31.6 Å². The second kappa shape index (κ2) is 10.8. The lowest BCUT2D eigenvalue weighted by Crippen LogP contribution is -2.42. The Kier molecular flexibility index (Phi) is 7.85. The summed E-state index contributed by atoms with van der Waals surface area (Å²) < 4.78 is 27.4. The highest BCUT2D eigenvalue weighted by molar-refractivity contribution is 6.36. The van der Waals surface area contributed by atoms with Crippen LogP contribution in [0.4, 0.5) is 15.0 Å². The molecular weight excluding hydrogens is 520 g/mol. The minimum absolute atomic E-state index is 0.0957.